The van der Waals surface area contributed by atoms with Crippen molar-refractivity contribution in [2.75, 3.05) is 38.1 Å². The Morgan fingerprint density at radius 2 is 1.76 bits per heavy atom. The van der Waals surface area contributed by atoms with Crippen LogP contribution in [-0.4, -0.2) is 38.1 Å². The molecule has 0 N–H and O–H groups in total. The number of hydrogen-bond donors (Lipinski definition) is 0. The highest BCUT2D eigenvalue weighted by Gasteiger charge is 2.31. The SMILES string of the molecule is CN1CCN(c2c[c]cc(C(F)(F)F)c2)CC1. The highest BCUT2D eigenvalue weighted by atomic mass is 19.4. The van der Waals surface area contributed by atoms with E-state index in [9.17, 15) is 13.2 Å². The summed E-state index contributed by atoms with van der Waals surface area (Å²) in [5, 5.41) is 0. The van der Waals surface area contributed by atoms with Crippen LogP contribution in [0.5, 0.6) is 0 Å². The van der Waals surface area contributed by atoms with E-state index >= 15 is 0 Å². The largest absolute Gasteiger partial charge is 0.416 e. The van der Waals surface area contributed by atoms with Gasteiger partial charge in [0.1, 0.15) is 0 Å². The van der Waals surface area contributed by atoms with Gasteiger partial charge >= 0.3 is 6.18 Å². The molecule has 0 spiro atoms. The van der Waals surface area contributed by atoms with Crippen LogP contribution in [0.15, 0.2) is 18.2 Å². The average Bonchev–Trinajstić information content (AvgIpc) is 2.29. The zero-order valence-electron chi connectivity index (χ0n) is 9.59. The summed E-state index contributed by atoms with van der Waals surface area (Å²) in [6, 6.07) is 6.36. The number of likely N-dealkylation sites (N-methyl/N-ethyl adjacent to an activating group) is 1. The lowest BCUT2D eigenvalue weighted by Crippen LogP contribution is -2.44. The Bertz CT molecular complexity index is 382. The highest BCUT2D eigenvalue weighted by Crippen LogP contribution is 2.31. The standard InChI is InChI=1S/C12H14F3N2/c1-16-5-7-17(8-6-16)11-4-2-3-10(9-11)12(13,14)15/h3-4,9H,5-8H2,1H3. The minimum absolute atomic E-state index is 0.605. The van der Waals surface area contributed by atoms with Crippen LogP contribution < -0.4 is 4.90 Å². The lowest BCUT2D eigenvalue weighted by atomic mass is 10.1. The minimum Gasteiger partial charge on any atom is -0.369 e. The van der Waals surface area contributed by atoms with Gasteiger partial charge in [-0.3, -0.25) is 0 Å². The normalized spacial score (nSPS) is 18.5. The average molecular weight is 243 g/mol. The van der Waals surface area contributed by atoms with E-state index in [1.807, 2.05) is 11.9 Å². The summed E-state index contributed by atoms with van der Waals surface area (Å²) < 4.78 is 37.7. The molecule has 0 aromatic heterocycles. The van der Waals surface area contributed by atoms with Crippen LogP contribution in [0, 0.1) is 6.07 Å². The second kappa shape index (κ2) is 4.56. The van der Waals surface area contributed by atoms with E-state index in [4.69, 9.17) is 0 Å². The molecule has 0 amide bonds. The predicted octanol–water partition coefficient (Wildman–Crippen LogP) is 2.26. The summed E-state index contributed by atoms with van der Waals surface area (Å²) in [7, 11) is 2.01. The number of benzene rings is 1. The molecule has 0 saturated carbocycles. The number of anilines is 1. The summed E-state index contributed by atoms with van der Waals surface area (Å²) in [5.74, 6) is 0. The first-order valence-corrected chi connectivity index (χ1v) is 5.48. The predicted molar refractivity (Wildman–Crippen MR) is 60.0 cm³/mol. The summed E-state index contributed by atoms with van der Waals surface area (Å²) in [4.78, 5) is 4.12. The molecule has 0 atom stereocenters. The first-order chi connectivity index (χ1) is 7.97. The van der Waals surface area contributed by atoms with Gasteiger partial charge in [-0.2, -0.15) is 13.2 Å². The molecule has 1 fully saturated rings. The number of hydrogen-bond acceptors (Lipinski definition) is 2. The number of piperazine rings is 1. The first-order valence-electron chi connectivity index (χ1n) is 5.48. The third kappa shape index (κ3) is 2.91. The number of rotatable bonds is 1. The molecule has 1 aromatic rings. The van der Waals surface area contributed by atoms with Crippen molar-refractivity contribution in [1.82, 2.24) is 4.90 Å². The molecule has 1 radical (unpaired) electrons. The summed E-state index contributed by atoms with van der Waals surface area (Å²) in [6.07, 6.45) is -4.29. The smallest absolute Gasteiger partial charge is 0.369 e. The number of halogens is 3. The first kappa shape index (κ1) is 12.2. The maximum Gasteiger partial charge on any atom is 0.416 e. The maximum atomic E-state index is 12.6. The molecule has 0 unspecified atom stereocenters. The molecule has 2 nitrogen and oxygen atoms in total. The monoisotopic (exact) mass is 243 g/mol. The molecular formula is C12H14F3N2. The Morgan fingerprint density at radius 3 is 2.35 bits per heavy atom. The topological polar surface area (TPSA) is 6.48 Å². The fourth-order valence-electron chi connectivity index (χ4n) is 1.87. The maximum absolute atomic E-state index is 12.6. The Hall–Kier alpha value is -1.23. The molecule has 1 saturated heterocycles. The van der Waals surface area contributed by atoms with E-state index in [0.717, 1.165) is 32.2 Å². The zero-order chi connectivity index (χ0) is 12.5. The molecule has 0 bridgehead atoms. The van der Waals surface area contributed by atoms with E-state index in [1.54, 1.807) is 6.07 Å². The fourth-order valence-corrected chi connectivity index (χ4v) is 1.87. The molecule has 17 heavy (non-hydrogen) atoms. The van der Waals surface area contributed by atoms with E-state index in [2.05, 4.69) is 11.0 Å². The van der Waals surface area contributed by atoms with E-state index < -0.39 is 11.7 Å². The molecule has 1 aliphatic heterocycles. The molecule has 1 aliphatic rings. The molecule has 93 valence electrons. The third-order valence-corrected chi connectivity index (χ3v) is 2.97. The van der Waals surface area contributed by atoms with Gasteiger partial charge in [-0.05, 0) is 31.3 Å². The summed E-state index contributed by atoms with van der Waals surface area (Å²) in [5.41, 5.74) is -0.0261. The van der Waals surface area contributed by atoms with Gasteiger partial charge in [0, 0.05) is 31.9 Å². The van der Waals surface area contributed by atoms with Crippen molar-refractivity contribution in [2.24, 2.45) is 0 Å². The van der Waals surface area contributed by atoms with Gasteiger partial charge in [0.2, 0.25) is 0 Å². The van der Waals surface area contributed by atoms with Crippen LogP contribution in [0.2, 0.25) is 0 Å². The Morgan fingerprint density at radius 1 is 1.12 bits per heavy atom. The van der Waals surface area contributed by atoms with Crippen LogP contribution in [-0.2, 0) is 6.18 Å². The van der Waals surface area contributed by atoms with Crippen molar-refractivity contribution in [1.29, 1.82) is 0 Å². The second-order valence-corrected chi connectivity index (χ2v) is 4.27. The van der Waals surface area contributed by atoms with E-state index in [0.29, 0.717) is 5.69 Å². The third-order valence-electron chi connectivity index (χ3n) is 2.97. The van der Waals surface area contributed by atoms with E-state index in [-0.39, 0.29) is 0 Å². The van der Waals surface area contributed by atoms with Gasteiger partial charge in [-0.25, -0.2) is 0 Å². The molecular weight excluding hydrogens is 229 g/mol. The van der Waals surface area contributed by atoms with Gasteiger partial charge < -0.3 is 9.80 Å². The van der Waals surface area contributed by atoms with Crippen molar-refractivity contribution >= 4 is 5.69 Å². The summed E-state index contributed by atoms with van der Waals surface area (Å²) in [6.45, 7) is 3.25. The second-order valence-electron chi connectivity index (χ2n) is 4.27. The number of nitrogens with zero attached hydrogens (tertiary/aromatic N) is 2. The fraction of sp³-hybridized carbons (Fsp3) is 0.500. The highest BCUT2D eigenvalue weighted by molar-refractivity contribution is 5.49. The summed E-state index contributed by atoms with van der Waals surface area (Å²) >= 11 is 0. The number of alkyl halides is 3. The van der Waals surface area contributed by atoms with Crippen LogP contribution in [0.1, 0.15) is 5.56 Å². The van der Waals surface area contributed by atoms with Gasteiger partial charge in [-0.1, -0.05) is 0 Å². The van der Waals surface area contributed by atoms with Gasteiger partial charge in [0.15, 0.2) is 0 Å². The van der Waals surface area contributed by atoms with E-state index in [1.165, 1.54) is 6.07 Å². The van der Waals surface area contributed by atoms with Crippen molar-refractivity contribution < 1.29 is 13.2 Å². The van der Waals surface area contributed by atoms with Gasteiger partial charge in [0.05, 0.1) is 5.56 Å². The van der Waals surface area contributed by atoms with Crippen molar-refractivity contribution in [2.45, 2.75) is 6.18 Å². The van der Waals surface area contributed by atoms with Crippen LogP contribution >= 0.6 is 0 Å². The molecule has 1 heterocycles. The van der Waals surface area contributed by atoms with Crippen molar-refractivity contribution in [3.05, 3.63) is 29.8 Å². The van der Waals surface area contributed by atoms with Gasteiger partial charge in [-0.15, -0.1) is 0 Å². The lowest BCUT2D eigenvalue weighted by molar-refractivity contribution is -0.137. The minimum atomic E-state index is -4.29. The van der Waals surface area contributed by atoms with Crippen LogP contribution in [0.3, 0.4) is 0 Å². The van der Waals surface area contributed by atoms with Crippen molar-refractivity contribution in [3.8, 4) is 0 Å². The molecule has 2 rings (SSSR count). The molecule has 0 aliphatic carbocycles. The Balaban J connectivity index is 2.16. The quantitative estimate of drug-likeness (QED) is 0.746. The Labute approximate surface area is 98.6 Å². The van der Waals surface area contributed by atoms with Crippen LogP contribution in [0.4, 0.5) is 18.9 Å². The lowest BCUT2D eigenvalue weighted by Gasteiger charge is -2.34. The van der Waals surface area contributed by atoms with Crippen LogP contribution in [0.25, 0.3) is 0 Å². The molecule has 1 aromatic carbocycles. The Kier molecular flexibility index (Phi) is 3.28. The molecule has 5 heteroatoms. The zero-order valence-corrected chi connectivity index (χ0v) is 9.59. The van der Waals surface area contributed by atoms with Gasteiger partial charge in [0.25, 0.3) is 0 Å². The van der Waals surface area contributed by atoms with Crippen molar-refractivity contribution in [3.63, 3.8) is 0 Å².